The molecule has 4 rings (SSSR count). The van der Waals surface area contributed by atoms with Crippen LogP contribution in [0.3, 0.4) is 0 Å². The molecule has 0 spiro atoms. The number of morpholine rings is 1. The highest BCUT2D eigenvalue weighted by Gasteiger charge is 2.31. The van der Waals surface area contributed by atoms with E-state index in [-0.39, 0.29) is 12.0 Å². The first-order chi connectivity index (χ1) is 13.7. The van der Waals surface area contributed by atoms with E-state index in [1.54, 1.807) is 0 Å². The molecule has 0 unspecified atom stereocenters. The molecule has 28 heavy (non-hydrogen) atoms. The predicted octanol–water partition coefficient (Wildman–Crippen LogP) is 4.46. The van der Waals surface area contributed by atoms with E-state index in [1.165, 1.54) is 36.0 Å². The van der Waals surface area contributed by atoms with Gasteiger partial charge in [0.15, 0.2) is 0 Å². The molecule has 0 bridgehead atoms. The Kier molecular flexibility index (Phi) is 6.06. The fourth-order valence-corrected chi connectivity index (χ4v) is 4.31. The van der Waals surface area contributed by atoms with Crippen LogP contribution in [0.15, 0.2) is 42.6 Å². The molecule has 1 aliphatic heterocycles. The van der Waals surface area contributed by atoms with Gasteiger partial charge < -0.3 is 9.64 Å². The second-order valence-corrected chi connectivity index (χ2v) is 8.23. The predicted molar refractivity (Wildman–Crippen MR) is 110 cm³/mol. The number of aryl methyl sites for hydroxylation is 1. The second-order valence-electron chi connectivity index (χ2n) is 8.23. The Bertz CT molecular complexity index is 779. The lowest BCUT2D eigenvalue weighted by Gasteiger charge is -2.35. The van der Waals surface area contributed by atoms with Crippen LogP contribution in [0.25, 0.3) is 0 Å². The van der Waals surface area contributed by atoms with Crippen LogP contribution < -0.4 is 0 Å². The monoisotopic (exact) mass is 378 g/mol. The number of pyridine rings is 1. The second kappa shape index (κ2) is 8.87. The fraction of sp³-hybridized carbons (Fsp3) is 0.500. The van der Waals surface area contributed by atoms with Gasteiger partial charge in [0.2, 0.25) is 5.91 Å². The Balaban J connectivity index is 1.38. The summed E-state index contributed by atoms with van der Waals surface area (Å²) in [4.78, 5) is 19.5. The molecule has 1 atom stereocenters. The zero-order chi connectivity index (χ0) is 19.3. The molecule has 1 amide bonds. The van der Waals surface area contributed by atoms with Crippen molar-refractivity contribution in [2.45, 2.75) is 51.6 Å². The first-order valence-electron chi connectivity index (χ1n) is 10.6. The van der Waals surface area contributed by atoms with E-state index in [0.29, 0.717) is 25.6 Å². The van der Waals surface area contributed by atoms with E-state index in [2.05, 4.69) is 48.3 Å². The van der Waals surface area contributed by atoms with E-state index in [9.17, 15) is 4.79 Å². The number of hydrogen-bond donors (Lipinski definition) is 0. The molecule has 2 aromatic rings. The Hall–Kier alpha value is -2.20. The Morgan fingerprint density at radius 3 is 2.54 bits per heavy atom. The fourth-order valence-electron chi connectivity index (χ4n) is 4.31. The van der Waals surface area contributed by atoms with Crippen molar-refractivity contribution >= 4 is 5.91 Å². The smallest absolute Gasteiger partial charge is 0.225 e. The maximum Gasteiger partial charge on any atom is 0.225 e. The lowest BCUT2D eigenvalue weighted by molar-refractivity contribution is -0.144. The lowest BCUT2D eigenvalue weighted by Crippen LogP contribution is -2.45. The van der Waals surface area contributed by atoms with Crippen LogP contribution in [-0.2, 0) is 16.0 Å². The van der Waals surface area contributed by atoms with Gasteiger partial charge in [-0.1, -0.05) is 55.2 Å². The highest BCUT2D eigenvalue weighted by Crippen LogP contribution is 2.28. The summed E-state index contributed by atoms with van der Waals surface area (Å²) in [5, 5.41) is 0. The average molecular weight is 379 g/mol. The molecule has 0 N–H and O–H groups in total. The molecule has 4 nitrogen and oxygen atoms in total. The van der Waals surface area contributed by atoms with Crippen molar-refractivity contribution in [1.82, 2.24) is 9.88 Å². The van der Waals surface area contributed by atoms with Crippen LogP contribution in [0, 0.1) is 12.8 Å². The van der Waals surface area contributed by atoms with Crippen LogP contribution in [0.5, 0.6) is 0 Å². The maximum atomic E-state index is 12.9. The average Bonchev–Trinajstić information content (AvgIpc) is 2.76. The molecule has 1 saturated heterocycles. The molecule has 2 fully saturated rings. The maximum absolute atomic E-state index is 12.9. The van der Waals surface area contributed by atoms with Gasteiger partial charge in [0.05, 0.1) is 18.8 Å². The number of benzene rings is 1. The van der Waals surface area contributed by atoms with Crippen LogP contribution in [0.2, 0.25) is 0 Å². The minimum atomic E-state index is -0.116. The van der Waals surface area contributed by atoms with Gasteiger partial charge in [-0.25, -0.2) is 0 Å². The van der Waals surface area contributed by atoms with Crippen molar-refractivity contribution in [1.29, 1.82) is 0 Å². The number of amides is 1. The molecule has 1 saturated carbocycles. The molecule has 1 aromatic carbocycles. The summed E-state index contributed by atoms with van der Waals surface area (Å²) in [6.45, 7) is 4.03. The highest BCUT2D eigenvalue weighted by molar-refractivity contribution is 5.79. The normalized spacial score (nSPS) is 20.9. The van der Waals surface area contributed by atoms with Gasteiger partial charge >= 0.3 is 0 Å². The summed E-state index contributed by atoms with van der Waals surface area (Å²) in [6, 6.07) is 12.8. The Labute approximate surface area is 167 Å². The summed E-state index contributed by atoms with van der Waals surface area (Å²) < 4.78 is 5.95. The van der Waals surface area contributed by atoms with Crippen molar-refractivity contribution in [2.24, 2.45) is 5.92 Å². The van der Waals surface area contributed by atoms with Crippen LogP contribution in [0.1, 0.15) is 60.6 Å². The molecular formula is C24H30N2O2. The van der Waals surface area contributed by atoms with Gasteiger partial charge in [-0.3, -0.25) is 9.78 Å². The van der Waals surface area contributed by atoms with Crippen LogP contribution in [0.4, 0.5) is 0 Å². The van der Waals surface area contributed by atoms with Crippen molar-refractivity contribution in [3.05, 3.63) is 65.0 Å². The minimum Gasteiger partial charge on any atom is -0.368 e. The number of hydrogen-bond acceptors (Lipinski definition) is 3. The van der Waals surface area contributed by atoms with E-state index >= 15 is 0 Å². The molecule has 4 heteroatoms. The largest absolute Gasteiger partial charge is 0.368 e. The third-order valence-electron chi connectivity index (χ3n) is 6.04. The number of aromatic nitrogens is 1. The molecule has 1 aliphatic carbocycles. The quantitative estimate of drug-likeness (QED) is 0.789. The number of ether oxygens (including phenoxy) is 1. The summed E-state index contributed by atoms with van der Waals surface area (Å²) in [5.41, 5.74) is 4.68. The molecule has 2 heterocycles. The number of nitrogens with zero attached hydrogens (tertiary/aromatic N) is 2. The van der Waals surface area contributed by atoms with Crippen molar-refractivity contribution < 1.29 is 9.53 Å². The van der Waals surface area contributed by atoms with Crippen molar-refractivity contribution in [3.8, 4) is 0 Å². The van der Waals surface area contributed by atoms with Crippen molar-refractivity contribution in [3.63, 3.8) is 0 Å². The first-order valence-corrected chi connectivity index (χ1v) is 10.6. The zero-order valence-corrected chi connectivity index (χ0v) is 16.8. The summed E-state index contributed by atoms with van der Waals surface area (Å²) >= 11 is 0. The summed E-state index contributed by atoms with van der Waals surface area (Å²) in [5.74, 6) is 0.543. The van der Waals surface area contributed by atoms with Gasteiger partial charge in [0.25, 0.3) is 0 Å². The van der Waals surface area contributed by atoms with Gasteiger partial charge in [-0.2, -0.15) is 0 Å². The molecule has 0 radical (unpaired) electrons. The van der Waals surface area contributed by atoms with Crippen molar-refractivity contribution in [2.75, 3.05) is 19.7 Å². The van der Waals surface area contributed by atoms with Crippen LogP contribution in [-0.4, -0.2) is 35.5 Å². The molecule has 2 aliphatic rings. The summed E-state index contributed by atoms with van der Waals surface area (Å²) in [6.07, 6.45) is 8.46. The van der Waals surface area contributed by atoms with E-state index in [1.807, 2.05) is 11.1 Å². The van der Waals surface area contributed by atoms with Crippen LogP contribution >= 0.6 is 0 Å². The molecule has 148 valence electrons. The minimum absolute atomic E-state index is 0.116. The molecule has 1 aromatic heterocycles. The lowest BCUT2D eigenvalue weighted by atomic mass is 9.88. The first kappa shape index (κ1) is 19.1. The number of carbonyl (C=O) groups excluding carboxylic acids is 1. The Morgan fingerprint density at radius 1 is 1.07 bits per heavy atom. The topological polar surface area (TPSA) is 42.4 Å². The van der Waals surface area contributed by atoms with E-state index in [4.69, 9.17) is 4.74 Å². The van der Waals surface area contributed by atoms with E-state index in [0.717, 1.165) is 25.0 Å². The van der Waals surface area contributed by atoms with Gasteiger partial charge in [-0.05, 0) is 43.4 Å². The zero-order valence-electron chi connectivity index (χ0n) is 16.8. The molecular weight excluding hydrogens is 348 g/mol. The highest BCUT2D eigenvalue weighted by atomic mass is 16.5. The third kappa shape index (κ3) is 4.61. The van der Waals surface area contributed by atoms with Gasteiger partial charge in [0.1, 0.15) is 6.10 Å². The SMILES string of the molecule is Cc1ccc(Cc2ccc([C@H]3CN(C(=O)C4CCCCC4)CCO3)nc2)cc1. The summed E-state index contributed by atoms with van der Waals surface area (Å²) in [7, 11) is 0. The van der Waals surface area contributed by atoms with Gasteiger partial charge in [0, 0.05) is 18.7 Å². The van der Waals surface area contributed by atoms with Gasteiger partial charge in [-0.15, -0.1) is 0 Å². The Morgan fingerprint density at radius 2 is 1.82 bits per heavy atom. The number of rotatable bonds is 4. The standard InChI is InChI=1S/C24H30N2O2/c1-18-7-9-19(10-8-18)15-20-11-12-22(25-16-20)23-17-26(13-14-28-23)24(27)21-5-3-2-4-6-21/h7-12,16,21,23H,2-6,13-15,17H2,1H3/t23-/m1/s1. The van der Waals surface area contributed by atoms with E-state index < -0.39 is 0 Å². The third-order valence-corrected chi connectivity index (χ3v) is 6.04. The number of carbonyl (C=O) groups is 1.